The maximum atomic E-state index is 11.8. The molecule has 0 aromatic heterocycles. The SMILES string of the molecule is CCC1S/C(=N\N=C(/COc2ccccc2)c2ccc(Cl)c(Cl)c2)NC1=O. The zero-order chi connectivity index (χ0) is 19.2. The number of thioether (sulfide) groups is 1. The van der Waals surface area contributed by atoms with Crippen LogP contribution < -0.4 is 10.1 Å². The summed E-state index contributed by atoms with van der Waals surface area (Å²) >= 11 is 13.5. The minimum Gasteiger partial charge on any atom is -0.487 e. The number of hydrogen-bond acceptors (Lipinski definition) is 5. The van der Waals surface area contributed by atoms with Gasteiger partial charge in [-0.15, -0.1) is 10.2 Å². The van der Waals surface area contributed by atoms with Crippen LogP contribution in [0.3, 0.4) is 0 Å². The Hall–Kier alpha value is -2.02. The number of halogens is 2. The average molecular weight is 422 g/mol. The van der Waals surface area contributed by atoms with E-state index >= 15 is 0 Å². The number of carbonyl (C=O) groups excluding carboxylic acids is 1. The van der Waals surface area contributed by atoms with E-state index < -0.39 is 0 Å². The summed E-state index contributed by atoms with van der Waals surface area (Å²) in [5.74, 6) is 0.667. The first-order valence-corrected chi connectivity index (χ1v) is 9.95. The minimum atomic E-state index is -0.132. The summed E-state index contributed by atoms with van der Waals surface area (Å²) < 4.78 is 5.80. The molecule has 0 aliphatic carbocycles. The lowest BCUT2D eigenvalue weighted by Crippen LogP contribution is -2.24. The molecule has 140 valence electrons. The van der Waals surface area contributed by atoms with Gasteiger partial charge in [-0.3, -0.25) is 4.79 Å². The molecular weight excluding hydrogens is 405 g/mol. The van der Waals surface area contributed by atoms with Crippen molar-refractivity contribution >= 4 is 51.8 Å². The van der Waals surface area contributed by atoms with Gasteiger partial charge in [-0.25, -0.2) is 0 Å². The van der Waals surface area contributed by atoms with Gasteiger partial charge in [0, 0.05) is 5.56 Å². The molecule has 0 spiro atoms. The lowest BCUT2D eigenvalue weighted by molar-refractivity contribution is -0.118. The van der Waals surface area contributed by atoms with E-state index in [1.54, 1.807) is 18.2 Å². The Morgan fingerprint density at radius 1 is 1.19 bits per heavy atom. The Morgan fingerprint density at radius 2 is 1.96 bits per heavy atom. The van der Waals surface area contributed by atoms with Crippen LogP contribution in [0.2, 0.25) is 10.0 Å². The third-order valence-electron chi connectivity index (χ3n) is 3.78. The van der Waals surface area contributed by atoms with Gasteiger partial charge in [0.15, 0.2) is 5.17 Å². The van der Waals surface area contributed by atoms with Crippen LogP contribution >= 0.6 is 35.0 Å². The molecule has 0 radical (unpaired) electrons. The maximum Gasteiger partial charge on any atom is 0.239 e. The Balaban J connectivity index is 1.84. The van der Waals surface area contributed by atoms with E-state index in [2.05, 4.69) is 15.5 Å². The predicted octanol–water partition coefficient (Wildman–Crippen LogP) is 4.77. The van der Waals surface area contributed by atoms with E-state index in [0.29, 0.717) is 26.7 Å². The number of benzene rings is 2. The number of hydrogen-bond donors (Lipinski definition) is 1. The van der Waals surface area contributed by atoms with Crippen molar-refractivity contribution in [3.8, 4) is 5.75 Å². The summed E-state index contributed by atoms with van der Waals surface area (Å²) in [7, 11) is 0. The highest BCUT2D eigenvalue weighted by Gasteiger charge is 2.28. The Bertz CT molecular complexity index is 888. The Labute approximate surface area is 171 Å². The molecule has 1 fully saturated rings. The van der Waals surface area contributed by atoms with E-state index in [1.165, 1.54) is 11.8 Å². The highest BCUT2D eigenvalue weighted by Crippen LogP contribution is 2.24. The van der Waals surface area contributed by atoms with Crippen LogP contribution in [0.5, 0.6) is 5.75 Å². The third kappa shape index (κ3) is 5.25. The van der Waals surface area contributed by atoms with Gasteiger partial charge >= 0.3 is 0 Å². The molecule has 2 aromatic rings. The van der Waals surface area contributed by atoms with Crippen molar-refractivity contribution in [2.75, 3.05) is 6.61 Å². The number of nitrogens with one attached hydrogen (secondary N) is 1. The topological polar surface area (TPSA) is 63.1 Å². The lowest BCUT2D eigenvalue weighted by Gasteiger charge is -2.09. The van der Waals surface area contributed by atoms with Gasteiger partial charge < -0.3 is 10.1 Å². The zero-order valence-electron chi connectivity index (χ0n) is 14.5. The molecule has 1 amide bonds. The van der Waals surface area contributed by atoms with Crippen molar-refractivity contribution in [2.45, 2.75) is 18.6 Å². The third-order valence-corrected chi connectivity index (χ3v) is 5.76. The number of nitrogens with zero attached hydrogens (tertiary/aromatic N) is 2. The van der Waals surface area contributed by atoms with Crippen LogP contribution in [0.1, 0.15) is 18.9 Å². The van der Waals surface area contributed by atoms with Crippen molar-refractivity contribution in [3.63, 3.8) is 0 Å². The molecule has 1 aliphatic heterocycles. The van der Waals surface area contributed by atoms with Gasteiger partial charge in [-0.2, -0.15) is 0 Å². The fraction of sp³-hybridized carbons (Fsp3) is 0.211. The minimum absolute atomic E-state index is 0.0481. The number of para-hydroxylation sites is 1. The molecule has 8 heteroatoms. The Morgan fingerprint density at radius 3 is 2.63 bits per heavy atom. The van der Waals surface area contributed by atoms with Crippen molar-refractivity contribution in [1.82, 2.24) is 5.32 Å². The van der Waals surface area contributed by atoms with E-state index in [9.17, 15) is 4.79 Å². The molecule has 1 atom stereocenters. The zero-order valence-corrected chi connectivity index (χ0v) is 16.8. The highest BCUT2D eigenvalue weighted by molar-refractivity contribution is 8.15. The molecule has 1 saturated heterocycles. The van der Waals surface area contributed by atoms with Crippen LogP contribution in [0.25, 0.3) is 0 Å². The normalized spacial score (nSPS) is 18.6. The van der Waals surface area contributed by atoms with Gasteiger partial charge in [0.2, 0.25) is 5.91 Å². The smallest absolute Gasteiger partial charge is 0.239 e. The van der Waals surface area contributed by atoms with Gasteiger partial charge in [-0.1, -0.05) is 66.2 Å². The van der Waals surface area contributed by atoms with E-state index in [4.69, 9.17) is 27.9 Å². The monoisotopic (exact) mass is 421 g/mol. The first-order chi connectivity index (χ1) is 13.1. The van der Waals surface area contributed by atoms with Gasteiger partial charge in [0.05, 0.1) is 15.3 Å². The molecule has 5 nitrogen and oxygen atoms in total. The summed E-state index contributed by atoms with van der Waals surface area (Å²) in [6, 6.07) is 14.6. The first kappa shape index (κ1) is 19.7. The number of carbonyl (C=O) groups is 1. The summed E-state index contributed by atoms with van der Waals surface area (Å²) in [4.78, 5) is 11.8. The lowest BCUT2D eigenvalue weighted by atomic mass is 10.1. The number of amides is 1. The van der Waals surface area contributed by atoms with E-state index in [0.717, 1.165) is 12.0 Å². The van der Waals surface area contributed by atoms with Crippen LogP contribution in [-0.2, 0) is 4.79 Å². The summed E-state index contributed by atoms with van der Waals surface area (Å²) in [6.07, 6.45) is 0.732. The molecule has 27 heavy (non-hydrogen) atoms. The quantitative estimate of drug-likeness (QED) is 0.539. The van der Waals surface area contributed by atoms with Crippen molar-refractivity contribution < 1.29 is 9.53 Å². The van der Waals surface area contributed by atoms with Crippen molar-refractivity contribution in [3.05, 3.63) is 64.1 Å². The molecule has 0 bridgehead atoms. The van der Waals surface area contributed by atoms with Crippen molar-refractivity contribution in [1.29, 1.82) is 0 Å². The molecule has 1 unspecified atom stereocenters. The summed E-state index contributed by atoms with van der Waals surface area (Å²) in [5, 5.41) is 12.5. The largest absolute Gasteiger partial charge is 0.487 e. The predicted molar refractivity (Wildman–Crippen MR) is 112 cm³/mol. The fourth-order valence-electron chi connectivity index (χ4n) is 2.34. The van der Waals surface area contributed by atoms with Gasteiger partial charge in [-0.05, 0) is 30.7 Å². The number of rotatable bonds is 6. The molecule has 1 aliphatic rings. The van der Waals surface area contributed by atoms with Gasteiger partial charge in [0.25, 0.3) is 0 Å². The first-order valence-electron chi connectivity index (χ1n) is 8.32. The number of amidine groups is 1. The standard InChI is InChI=1S/C19H17Cl2N3O2S/c1-2-17-18(25)22-19(27-17)24-23-16(11-26-13-6-4-3-5-7-13)12-8-9-14(20)15(21)10-12/h3-10,17H,2,11H2,1H3,(H,22,24,25)/b23-16+. The van der Waals surface area contributed by atoms with E-state index in [-0.39, 0.29) is 17.8 Å². The molecule has 2 aromatic carbocycles. The highest BCUT2D eigenvalue weighted by atomic mass is 35.5. The fourth-order valence-corrected chi connectivity index (χ4v) is 3.49. The van der Waals surface area contributed by atoms with E-state index in [1.807, 2.05) is 37.3 Å². The second-order valence-electron chi connectivity index (χ2n) is 5.69. The molecule has 3 rings (SSSR count). The average Bonchev–Trinajstić information content (AvgIpc) is 3.05. The summed E-state index contributed by atoms with van der Waals surface area (Å²) in [5.41, 5.74) is 1.31. The van der Waals surface area contributed by atoms with Crippen LogP contribution in [-0.4, -0.2) is 28.6 Å². The van der Waals surface area contributed by atoms with Crippen LogP contribution in [0.4, 0.5) is 0 Å². The second-order valence-corrected chi connectivity index (χ2v) is 7.69. The van der Waals surface area contributed by atoms with Crippen LogP contribution in [0, 0.1) is 0 Å². The van der Waals surface area contributed by atoms with Crippen molar-refractivity contribution in [2.24, 2.45) is 10.2 Å². The summed E-state index contributed by atoms with van der Waals surface area (Å²) in [6.45, 7) is 2.15. The molecular formula is C19H17Cl2N3O2S. The maximum absolute atomic E-state index is 11.8. The van der Waals surface area contributed by atoms with Crippen LogP contribution in [0.15, 0.2) is 58.7 Å². The molecule has 1 N–H and O–H groups in total. The second kappa shape index (κ2) is 9.26. The van der Waals surface area contributed by atoms with Gasteiger partial charge in [0.1, 0.15) is 18.1 Å². The number of ether oxygens (including phenoxy) is 1. The molecule has 1 heterocycles. The molecule has 0 saturated carbocycles. The Kier molecular flexibility index (Phi) is 6.77.